The Labute approximate surface area is 619 Å². The molecular formula is C83H142O17P2. The molecule has 19 heteroatoms. The van der Waals surface area contributed by atoms with Crippen molar-refractivity contribution in [2.75, 3.05) is 39.6 Å². The summed E-state index contributed by atoms with van der Waals surface area (Å²) in [6.07, 6.45) is 81.8. The first-order chi connectivity index (χ1) is 49.7. The fraction of sp³-hybridized carbons (Fsp3) is 0.711. The Kier molecular flexibility index (Phi) is 71.4. The lowest BCUT2D eigenvalue weighted by Gasteiger charge is -2.21. The van der Waals surface area contributed by atoms with Gasteiger partial charge in [-0.15, -0.1) is 0 Å². The third-order valence-corrected chi connectivity index (χ3v) is 18.3. The monoisotopic (exact) mass is 1470 g/mol. The summed E-state index contributed by atoms with van der Waals surface area (Å²) >= 11 is 0. The number of esters is 4. The maximum absolute atomic E-state index is 13.1. The molecule has 0 aliphatic carbocycles. The van der Waals surface area contributed by atoms with Crippen LogP contribution in [0.5, 0.6) is 0 Å². The number of unbranched alkanes of at least 4 members (excludes halogenated alkanes) is 28. The zero-order chi connectivity index (χ0) is 74.6. The summed E-state index contributed by atoms with van der Waals surface area (Å²) in [4.78, 5) is 73.0. The van der Waals surface area contributed by atoms with E-state index in [4.69, 9.17) is 37.0 Å². The van der Waals surface area contributed by atoms with Crippen LogP contribution in [0.4, 0.5) is 0 Å². The Morgan fingerprint density at radius 1 is 0.284 bits per heavy atom. The fourth-order valence-corrected chi connectivity index (χ4v) is 11.9. The van der Waals surface area contributed by atoms with Crippen LogP contribution in [0.2, 0.25) is 0 Å². The first-order valence-corrected chi connectivity index (χ1v) is 42.8. The molecule has 0 aromatic carbocycles. The van der Waals surface area contributed by atoms with Crippen molar-refractivity contribution < 1.29 is 80.2 Å². The number of aliphatic hydroxyl groups is 1. The summed E-state index contributed by atoms with van der Waals surface area (Å²) < 4.78 is 68.5. The van der Waals surface area contributed by atoms with Crippen LogP contribution in [0.1, 0.15) is 323 Å². The molecule has 0 radical (unpaired) electrons. The zero-order valence-electron chi connectivity index (χ0n) is 64.0. The number of phosphoric ester groups is 2. The van der Waals surface area contributed by atoms with Gasteiger partial charge in [0.15, 0.2) is 12.2 Å². The molecule has 102 heavy (non-hydrogen) atoms. The van der Waals surface area contributed by atoms with Gasteiger partial charge in [0.1, 0.15) is 19.3 Å². The predicted molar refractivity (Wildman–Crippen MR) is 418 cm³/mol. The molecule has 0 fully saturated rings. The minimum absolute atomic E-state index is 0.0768. The quantitative estimate of drug-likeness (QED) is 0.0169. The van der Waals surface area contributed by atoms with Crippen LogP contribution < -0.4 is 0 Å². The Bertz CT molecular complexity index is 2410. The summed E-state index contributed by atoms with van der Waals surface area (Å²) in [5.74, 6) is -2.23. The molecule has 0 aliphatic heterocycles. The Morgan fingerprint density at radius 2 is 0.520 bits per heavy atom. The third kappa shape index (κ3) is 73.8. The summed E-state index contributed by atoms with van der Waals surface area (Å²) in [5, 5.41) is 10.6. The van der Waals surface area contributed by atoms with Crippen molar-refractivity contribution in [3.05, 3.63) is 122 Å². The Balaban J connectivity index is 5.36. The van der Waals surface area contributed by atoms with E-state index in [9.17, 15) is 43.2 Å². The summed E-state index contributed by atoms with van der Waals surface area (Å²) in [7, 11) is -9.97. The van der Waals surface area contributed by atoms with E-state index in [1.54, 1.807) is 0 Å². The van der Waals surface area contributed by atoms with Gasteiger partial charge in [-0.2, -0.15) is 0 Å². The van der Waals surface area contributed by atoms with E-state index in [1.165, 1.54) is 51.4 Å². The van der Waals surface area contributed by atoms with E-state index in [2.05, 4.69) is 149 Å². The predicted octanol–water partition coefficient (Wildman–Crippen LogP) is 23.1. The molecule has 0 saturated heterocycles. The lowest BCUT2D eigenvalue weighted by molar-refractivity contribution is -0.161. The highest BCUT2D eigenvalue weighted by Gasteiger charge is 2.30. The summed E-state index contributed by atoms with van der Waals surface area (Å²) in [6, 6.07) is 0. The summed E-state index contributed by atoms with van der Waals surface area (Å²) in [6.45, 7) is 4.56. The average molecular weight is 1470 g/mol. The van der Waals surface area contributed by atoms with E-state index in [0.717, 1.165) is 193 Å². The standard InChI is InChI=1S/C83H142O17P2/c1-5-9-13-17-21-25-29-32-35-37-38-40-43-45-49-52-56-60-64-68-81(86)94-74-79(100-83(88)70-66-62-58-54-50-46-41-34-31-27-23-19-15-11-7-3)76-98-102(91,92)96-72-77(84)71-95-101(89,90)97-75-78(99-82(87)69-65-61-57-53-47-28-24-20-16-12-8-4)73-93-80(85)67-63-59-55-51-48-44-42-39-36-33-30-26-22-18-14-10-6-2/h9-10,13-14,20-22,24-26,32-36,38,40-42,44,77-79,84H,5-8,11-12,15-19,23,27-31,37,39,43,45-76H2,1-4H3,(H,89,90)(H,91,92)/b13-9-,14-10-,24-20-,25-21-,26-22-,35-32-,36-33-,40-38-,41-34-,44-42-. The maximum atomic E-state index is 13.1. The van der Waals surface area contributed by atoms with E-state index in [1.807, 2.05) is 0 Å². The number of allylic oxidation sites excluding steroid dienone is 20. The topological polar surface area (TPSA) is 237 Å². The molecular weight excluding hydrogens is 1330 g/mol. The van der Waals surface area contributed by atoms with Gasteiger partial charge in [-0.3, -0.25) is 37.3 Å². The van der Waals surface area contributed by atoms with Crippen LogP contribution in [0.15, 0.2) is 122 Å². The molecule has 0 spiro atoms. The highest BCUT2D eigenvalue weighted by atomic mass is 31.2. The molecule has 0 heterocycles. The first kappa shape index (κ1) is 97.5. The number of phosphoric acid groups is 2. The maximum Gasteiger partial charge on any atom is 0.472 e. The molecule has 0 aliphatic rings. The number of carbonyl (C=O) groups is 4. The average Bonchev–Trinajstić information content (AvgIpc) is 0.939. The van der Waals surface area contributed by atoms with E-state index < -0.39 is 97.5 Å². The molecule has 17 nitrogen and oxygen atoms in total. The van der Waals surface area contributed by atoms with Gasteiger partial charge in [0.05, 0.1) is 26.4 Å². The van der Waals surface area contributed by atoms with Gasteiger partial charge in [-0.25, -0.2) is 9.13 Å². The minimum Gasteiger partial charge on any atom is -0.462 e. The number of hydrogen-bond acceptors (Lipinski definition) is 15. The number of carbonyl (C=O) groups excluding carboxylic acids is 4. The molecule has 5 atom stereocenters. The highest BCUT2D eigenvalue weighted by Crippen LogP contribution is 2.45. The molecule has 0 aromatic heterocycles. The van der Waals surface area contributed by atoms with E-state index in [-0.39, 0.29) is 25.7 Å². The van der Waals surface area contributed by atoms with Gasteiger partial charge < -0.3 is 33.8 Å². The number of rotatable bonds is 74. The van der Waals surface area contributed by atoms with Crippen LogP contribution in [-0.4, -0.2) is 96.7 Å². The number of ether oxygens (including phenoxy) is 4. The Hall–Kier alpha value is -4.54. The second-order valence-electron chi connectivity index (χ2n) is 26.2. The van der Waals surface area contributed by atoms with Crippen molar-refractivity contribution in [1.29, 1.82) is 0 Å². The molecule has 0 rings (SSSR count). The normalized spacial score (nSPS) is 14.5. The first-order valence-electron chi connectivity index (χ1n) is 39.8. The number of aliphatic hydroxyl groups excluding tert-OH is 1. The Morgan fingerprint density at radius 3 is 0.824 bits per heavy atom. The molecule has 5 unspecified atom stereocenters. The molecule has 586 valence electrons. The SMILES string of the molecule is CC/C=C\C/C=C\C/C=C\C/C=C\CCCCCCCCC(=O)OCC(COP(=O)(O)OCC(O)COP(=O)(O)OCC(COC(=O)CCCCCC/C=C\C/C=C\C/C=C\C/C=C\CC)OC(=O)CCCCCCC/C=C\CCCC)OC(=O)CCCCCCC/C=C\CCCCCCCC. The van der Waals surface area contributed by atoms with Crippen LogP contribution in [0, 0.1) is 0 Å². The second-order valence-corrected chi connectivity index (χ2v) is 29.1. The van der Waals surface area contributed by atoms with Crippen LogP contribution in [0.3, 0.4) is 0 Å². The van der Waals surface area contributed by atoms with Gasteiger partial charge in [0.2, 0.25) is 0 Å². The minimum atomic E-state index is -4.98. The van der Waals surface area contributed by atoms with Crippen LogP contribution >= 0.6 is 15.6 Å². The van der Waals surface area contributed by atoms with Crippen molar-refractivity contribution in [2.45, 2.75) is 341 Å². The van der Waals surface area contributed by atoms with Gasteiger partial charge >= 0.3 is 39.5 Å². The molecule has 0 bridgehead atoms. The number of hydrogen-bond donors (Lipinski definition) is 3. The summed E-state index contributed by atoms with van der Waals surface area (Å²) in [5.41, 5.74) is 0. The van der Waals surface area contributed by atoms with Crippen LogP contribution in [0.25, 0.3) is 0 Å². The third-order valence-electron chi connectivity index (χ3n) is 16.4. The van der Waals surface area contributed by atoms with Crippen molar-refractivity contribution >= 4 is 39.5 Å². The molecule has 3 N–H and O–H groups in total. The van der Waals surface area contributed by atoms with E-state index in [0.29, 0.717) is 25.7 Å². The zero-order valence-corrected chi connectivity index (χ0v) is 65.8. The molecule has 0 amide bonds. The lowest BCUT2D eigenvalue weighted by atomic mass is 10.1. The van der Waals surface area contributed by atoms with Crippen LogP contribution in [-0.2, 0) is 65.4 Å². The van der Waals surface area contributed by atoms with Crippen molar-refractivity contribution in [3.8, 4) is 0 Å². The van der Waals surface area contributed by atoms with Gasteiger partial charge in [0.25, 0.3) is 0 Å². The van der Waals surface area contributed by atoms with Gasteiger partial charge in [-0.05, 0) is 148 Å². The van der Waals surface area contributed by atoms with Crippen molar-refractivity contribution in [2.24, 2.45) is 0 Å². The van der Waals surface area contributed by atoms with E-state index >= 15 is 0 Å². The van der Waals surface area contributed by atoms with Gasteiger partial charge in [0, 0.05) is 25.7 Å². The molecule has 0 saturated carbocycles. The second kappa shape index (κ2) is 74.7. The highest BCUT2D eigenvalue weighted by molar-refractivity contribution is 7.47. The lowest BCUT2D eigenvalue weighted by Crippen LogP contribution is -2.30. The largest absolute Gasteiger partial charge is 0.472 e. The van der Waals surface area contributed by atoms with Gasteiger partial charge in [-0.1, -0.05) is 271 Å². The fourth-order valence-electron chi connectivity index (χ4n) is 10.4. The van der Waals surface area contributed by atoms with Crippen molar-refractivity contribution in [1.82, 2.24) is 0 Å². The molecule has 0 aromatic rings. The smallest absolute Gasteiger partial charge is 0.462 e. The van der Waals surface area contributed by atoms with Crippen molar-refractivity contribution in [3.63, 3.8) is 0 Å².